The third kappa shape index (κ3) is 3.65. The molecule has 0 unspecified atom stereocenters. The van der Waals surface area contributed by atoms with Crippen LogP contribution in [0, 0.1) is 0 Å². The minimum absolute atomic E-state index is 0.0403. The second kappa shape index (κ2) is 6.60. The molecule has 5 nitrogen and oxygen atoms in total. The molecule has 0 atom stereocenters. The minimum Gasteiger partial charge on any atom is -0.395 e. The smallest absolute Gasteiger partial charge is 0.133 e. The van der Waals surface area contributed by atoms with Gasteiger partial charge in [0.2, 0.25) is 0 Å². The van der Waals surface area contributed by atoms with E-state index in [0.29, 0.717) is 13.1 Å². The van der Waals surface area contributed by atoms with E-state index in [9.17, 15) is 0 Å². The van der Waals surface area contributed by atoms with E-state index in [1.807, 2.05) is 17.2 Å². The van der Waals surface area contributed by atoms with Crippen molar-refractivity contribution in [3.05, 3.63) is 12.4 Å². The lowest BCUT2D eigenvalue weighted by atomic mass is 10.4. The van der Waals surface area contributed by atoms with Crippen molar-refractivity contribution in [3.8, 4) is 0 Å². The fourth-order valence-electron chi connectivity index (χ4n) is 1.20. The van der Waals surface area contributed by atoms with Crippen molar-refractivity contribution in [2.45, 2.75) is 5.03 Å². The predicted molar refractivity (Wildman–Crippen MR) is 60.2 cm³/mol. The van der Waals surface area contributed by atoms with Gasteiger partial charge in [-0.05, 0) is 6.26 Å². The third-order valence-electron chi connectivity index (χ3n) is 1.90. The highest BCUT2D eigenvalue weighted by Gasteiger charge is 2.07. The highest BCUT2D eigenvalue weighted by molar-refractivity contribution is 7.98. The molecule has 0 amide bonds. The zero-order valence-corrected chi connectivity index (χ0v) is 9.44. The molecule has 0 radical (unpaired) electrons. The Morgan fingerprint density at radius 3 is 2.47 bits per heavy atom. The van der Waals surface area contributed by atoms with E-state index in [2.05, 4.69) is 9.97 Å². The Labute approximate surface area is 93.2 Å². The first kappa shape index (κ1) is 12.2. The topological polar surface area (TPSA) is 69.5 Å². The first-order valence-electron chi connectivity index (χ1n) is 4.64. The molecule has 84 valence electrons. The molecular weight excluding hydrogens is 214 g/mol. The molecule has 0 bridgehead atoms. The summed E-state index contributed by atoms with van der Waals surface area (Å²) >= 11 is 1.53. The van der Waals surface area contributed by atoms with E-state index in [0.717, 1.165) is 10.8 Å². The van der Waals surface area contributed by atoms with Crippen LogP contribution in [0.4, 0.5) is 5.82 Å². The van der Waals surface area contributed by atoms with E-state index >= 15 is 0 Å². The molecule has 15 heavy (non-hydrogen) atoms. The lowest BCUT2D eigenvalue weighted by molar-refractivity contribution is 0.280. The zero-order chi connectivity index (χ0) is 11.1. The van der Waals surface area contributed by atoms with Gasteiger partial charge in [0.1, 0.15) is 17.2 Å². The summed E-state index contributed by atoms with van der Waals surface area (Å²) in [7, 11) is 0. The number of hydrogen-bond donors (Lipinski definition) is 2. The fraction of sp³-hybridized carbons (Fsp3) is 0.556. The third-order valence-corrected chi connectivity index (χ3v) is 2.54. The number of aliphatic hydroxyl groups excluding tert-OH is 2. The van der Waals surface area contributed by atoms with Crippen molar-refractivity contribution < 1.29 is 10.2 Å². The normalized spacial score (nSPS) is 10.3. The average Bonchev–Trinajstić information content (AvgIpc) is 2.29. The predicted octanol–water partition coefficient (Wildman–Crippen LogP) is -0.0105. The van der Waals surface area contributed by atoms with E-state index in [1.54, 1.807) is 0 Å². The second-order valence-electron chi connectivity index (χ2n) is 2.85. The number of rotatable bonds is 6. The number of nitrogens with zero attached hydrogens (tertiary/aromatic N) is 3. The van der Waals surface area contributed by atoms with Crippen molar-refractivity contribution in [1.82, 2.24) is 9.97 Å². The molecule has 0 saturated heterocycles. The molecular formula is C9H15N3O2S. The number of aromatic nitrogens is 2. The summed E-state index contributed by atoms with van der Waals surface area (Å²) in [5.41, 5.74) is 0. The molecule has 0 aromatic carbocycles. The number of anilines is 1. The van der Waals surface area contributed by atoms with Crippen LogP contribution in [0.2, 0.25) is 0 Å². The number of hydrogen-bond acceptors (Lipinski definition) is 6. The van der Waals surface area contributed by atoms with Crippen molar-refractivity contribution >= 4 is 17.6 Å². The molecule has 0 fully saturated rings. The van der Waals surface area contributed by atoms with Crippen LogP contribution in [0.25, 0.3) is 0 Å². The molecule has 1 heterocycles. The summed E-state index contributed by atoms with van der Waals surface area (Å²) in [6.07, 6.45) is 3.43. The highest BCUT2D eigenvalue weighted by Crippen LogP contribution is 2.16. The van der Waals surface area contributed by atoms with Gasteiger partial charge in [0.05, 0.1) is 13.2 Å². The lowest BCUT2D eigenvalue weighted by Crippen LogP contribution is -2.30. The van der Waals surface area contributed by atoms with Gasteiger partial charge in [-0.3, -0.25) is 0 Å². The molecule has 0 spiro atoms. The Hall–Kier alpha value is -0.850. The van der Waals surface area contributed by atoms with E-state index in [1.165, 1.54) is 18.1 Å². The number of thioether (sulfide) groups is 1. The summed E-state index contributed by atoms with van der Waals surface area (Å²) in [6, 6.07) is 1.84. The summed E-state index contributed by atoms with van der Waals surface area (Å²) in [5.74, 6) is 0.734. The maximum absolute atomic E-state index is 8.88. The van der Waals surface area contributed by atoms with Crippen LogP contribution in [0.5, 0.6) is 0 Å². The number of aliphatic hydroxyl groups is 2. The monoisotopic (exact) mass is 229 g/mol. The molecule has 2 N–H and O–H groups in total. The molecule has 0 saturated carbocycles. The van der Waals surface area contributed by atoms with Gasteiger partial charge in [0.15, 0.2) is 0 Å². The van der Waals surface area contributed by atoms with E-state index in [4.69, 9.17) is 10.2 Å². The molecule has 1 rings (SSSR count). The summed E-state index contributed by atoms with van der Waals surface area (Å²) in [6.45, 7) is 1.01. The largest absolute Gasteiger partial charge is 0.395 e. The van der Waals surface area contributed by atoms with Crippen LogP contribution in [0.1, 0.15) is 0 Å². The minimum atomic E-state index is 0.0403. The second-order valence-corrected chi connectivity index (χ2v) is 3.68. The van der Waals surface area contributed by atoms with Gasteiger partial charge < -0.3 is 15.1 Å². The van der Waals surface area contributed by atoms with Crippen LogP contribution >= 0.6 is 11.8 Å². The maximum atomic E-state index is 8.88. The molecule has 0 aliphatic rings. The van der Waals surface area contributed by atoms with Crippen LogP contribution in [-0.2, 0) is 0 Å². The zero-order valence-electron chi connectivity index (χ0n) is 8.63. The molecule has 6 heteroatoms. The van der Waals surface area contributed by atoms with Crippen molar-refractivity contribution in [2.24, 2.45) is 0 Å². The molecule has 1 aromatic heterocycles. The van der Waals surface area contributed by atoms with Gasteiger partial charge in [-0.25, -0.2) is 9.97 Å². The van der Waals surface area contributed by atoms with Gasteiger partial charge in [-0.1, -0.05) is 0 Å². The Kier molecular flexibility index (Phi) is 5.38. The maximum Gasteiger partial charge on any atom is 0.133 e. The van der Waals surface area contributed by atoms with Crippen LogP contribution in [0.3, 0.4) is 0 Å². The van der Waals surface area contributed by atoms with Crippen molar-refractivity contribution in [3.63, 3.8) is 0 Å². The van der Waals surface area contributed by atoms with Gasteiger partial charge in [0.25, 0.3) is 0 Å². The van der Waals surface area contributed by atoms with Crippen LogP contribution < -0.4 is 4.90 Å². The standard InChI is InChI=1S/C9H15N3O2S/c1-15-9-6-8(10-7-11-9)12(2-4-13)3-5-14/h6-7,13-14H,2-5H2,1H3. The molecule has 0 aliphatic heterocycles. The first-order chi connectivity index (χ1) is 7.31. The average molecular weight is 229 g/mol. The summed E-state index contributed by atoms with van der Waals surface area (Å²) < 4.78 is 0. The summed E-state index contributed by atoms with van der Waals surface area (Å²) in [4.78, 5) is 9.99. The molecule has 1 aromatic rings. The summed E-state index contributed by atoms with van der Waals surface area (Å²) in [5, 5.41) is 18.6. The Morgan fingerprint density at radius 2 is 1.93 bits per heavy atom. The SMILES string of the molecule is CSc1cc(N(CCO)CCO)ncn1. The van der Waals surface area contributed by atoms with Crippen LogP contribution in [-0.4, -0.2) is 52.7 Å². The van der Waals surface area contributed by atoms with E-state index in [-0.39, 0.29) is 13.2 Å². The fourth-order valence-corrected chi connectivity index (χ4v) is 1.57. The molecule has 0 aliphatic carbocycles. The Morgan fingerprint density at radius 1 is 1.27 bits per heavy atom. The van der Waals surface area contributed by atoms with E-state index < -0.39 is 0 Å². The van der Waals surface area contributed by atoms with Gasteiger partial charge in [-0.15, -0.1) is 11.8 Å². The van der Waals surface area contributed by atoms with Crippen molar-refractivity contribution in [2.75, 3.05) is 37.5 Å². The lowest BCUT2D eigenvalue weighted by Gasteiger charge is -2.21. The van der Waals surface area contributed by atoms with Gasteiger partial charge >= 0.3 is 0 Å². The van der Waals surface area contributed by atoms with Gasteiger partial charge in [0, 0.05) is 19.2 Å². The Balaban J connectivity index is 2.79. The van der Waals surface area contributed by atoms with Crippen molar-refractivity contribution in [1.29, 1.82) is 0 Å². The highest BCUT2D eigenvalue weighted by atomic mass is 32.2. The Bertz CT molecular complexity index is 292. The van der Waals surface area contributed by atoms with Gasteiger partial charge in [-0.2, -0.15) is 0 Å². The first-order valence-corrected chi connectivity index (χ1v) is 5.87. The van der Waals surface area contributed by atoms with Crippen LogP contribution in [0.15, 0.2) is 17.4 Å². The quantitative estimate of drug-likeness (QED) is 0.528.